The maximum absolute atomic E-state index is 4.08. The number of allylic oxidation sites excluding steroid dienone is 4. The molecule has 0 aromatic rings. The second-order valence-electron chi connectivity index (χ2n) is 3.17. The SMILES string of the molecule is [CH2-]C1C(C)=C(C)C(C)=C1C.[Cl-].[Cl-].[Ti+3]. The van der Waals surface area contributed by atoms with Gasteiger partial charge in [-0.1, -0.05) is 22.3 Å². The van der Waals surface area contributed by atoms with E-state index in [0.29, 0.717) is 5.92 Å². The van der Waals surface area contributed by atoms with Crippen LogP contribution in [0.3, 0.4) is 0 Å². The number of halogens is 2. The van der Waals surface area contributed by atoms with Crippen LogP contribution in [-0.2, 0) is 21.7 Å². The largest absolute Gasteiger partial charge is 3.00 e. The van der Waals surface area contributed by atoms with E-state index in [0.717, 1.165) is 0 Å². The van der Waals surface area contributed by atoms with Crippen LogP contribution in [0.25, 0.3) is 0 Å². The smallest absolute Gasteiger partial charge is 1.00 e. The van der Waals surface area contributed by atoms with Gasteiger partial charge in [-0.25, -0.2) is 0 Å². The van der Waals surface area contributed by atoms with Gasteiger partial charge in [-0.15, -0.1) is 5.92 Å². The van der Waals surface area contributed by atoms with Crippen molar-refractivity contribution < 1.29 is 46.5 Å². The van der Waals surface area contributed by atoms with Crippen LogP contribution in [-0.4, -0.2) is 0 Å². The minimum atomic E-state index is 0. The third-order valence-corrected chi connectivity index (χ3v) is 2.79. The second kappa shape index (κ2) is 7.12. The fourth-order valence-electron chi connectivity index (χ4n) is 1.44. The molecular formula is C10H15Cl2Ti. The van der Waals surface area contributed by atoms with Gasteiger partial charge in [0.25, 0.3) is 0 Å². The van der Waals surface area contributed by atoms with Crippen molar-refractivity contribution in [2.45, 2.75) is 27.7 Å². The average molecular weight is 254 g/mol. The molecule has 0 heterocycles. The summed E-state index contributed by atoms with van der Waals surface area (Å²) < 4.78 is 0. The average Bonchev–Trinajstić information content (AvgIpc) is 2.07. The minimum Gasteiger partial charge on any atom is -1.00 e. The van der Waals surface area contributed by atoms with Crippen molar-refractivity contribution in [3.63, 3.8) is 0 Å². The molecule has 0 fully saturated rings. The first-order chi connectivity index (χ1) is 4.55. The van der Waals surface area contributed by atoms with Crippen molar-refractivity contribution in [3.05, 3.63) is 29.2 Å². The summed E-state index contributed by atoms with van der Waals surface area (Å²) in [6.07, 6.45) is 0. The normalized spacial score (nSPS) is 16.4. The zero-order chi connectivity index (χ0) is 7.89. The quantitative estimate of drug-likeness (QED) is 0.322. The standard InChI is InChI=1S/C10H15.2ClH.Ti/c1-6-7(2)9(4)10(5)8(6)3;;;/h6H,1H2,2-5H3;2*1H;/q-1;;;+3/p-2. The topological polar surface area (TPSA) is 0 Å². The van der Waals surface area contributed by atoms with E-state index in [1.54, 1.807) is 0 Å². The molecule has 1 aliphatic carbocycles. The predicted molar refractivity (Wildman–Crippen MR) is 45.6 cm³/mol. The molecule has 3 heteroatoms. The van der Waals surface area contributed by atoms with Crippen LogP contribution in [0.15, 0.2) is 22.3 Å². The van der Waals surface area contributed by atoms with Crippen molar-refractivity contribution in [1.82, 2.24) is 0 Å². The van der Waals surface area contributed by atoms with Gasteiger partial charge in [0.15, 0.2) is 0 Å². The molecule has 0 unspecified atom stereocenters. The van der Waals surface area contributed by atoms with Gasteiger partial charge in [-0.3, -0.25) is 0 Å². The molecule has 0 amide bonds. The summed E-state index contributed by atoms with van der Waals surface area (Å²) in [7, 11) is 0. The monoisotopic (exact) mass is 253 g/mol. The molecule has 0 spiro atoms. The van der Waals surface area contributed by atoms with Gasteiger partial charge in [0, 0.05) is 0 Å². The maximum atomic E-state index is 4.08. The fourth-order valence-corrected chi connectivity index (χ4v) is 1.44. The number of rotatable bonds is 0. The van der Waals surface area contributed by atoms with E-state index in [-0.39, 0.29) is 46.5 Å². The van der Waals surface area contributed by atoms with E-state index in [9.17, 15) is 0 Å². The van der Waals surface area contributed by atoms with Crippen LogP contribution < -0.4 is 24.8 Å². The Morgan fingerprint density at radius 2 is 1.08 bits per heavy atom. The Bertz CT molecular complexity index is 205. The summed E-state index contributed by atoms with van der Waals surface area (Å²) >= 11 is 0. The van der Waals surface area contributed by atoms with Crippen LogP contribution >= 0.6 is 0 Å². The predicted octanol–water partition coefficient (Wildman–Crippen LogP) is -2.87. The number of hydrogen-bond donors (Lipinski definition) is 0. The third-order valence-electron chi connectivity index (χ3n) is 2.79. The van der Waals surface area contributed by atoms with Crippen LogP contribution in [0.2, 0.25) is 0 Å². The van der Waals surface area contributed by atoms with E-state index in [1.165, 1.54) is 22.3 Å². The molecule has 0 nitrogen and oxygen atoms in total. The first-order valence-electron chi connectivity index (χ1n) is 3.74. The summed E-state index contributed by atoms with van der Waals surface area (Å²) in [5.41, 5.74) is 5.76. The van der Waals surface area contributed by atoms with Gasteiger partial charge < -0.3 is 31.7 Å². The van der Waals surface area contributed by atoms with E-state index < -0.39 is 0 Å². The maximum Gasteiger partial charge on any atom is 3.00 e. The molecule has 0 atom stereocenters. The van der Waals surface area contributed by atoms with Crippen LogP contribution in [0, 0.1) is 12.8 Å². The van der Waals surface area contributed by atoms with Gasteiger partial charge in [0.1, 0.15) is 0 Å². The minimum absolute atomic E-state index is 0. The van der Waals surface area contributed by atoms with E-state index in [1.807, 2.05) is 0 Å². The Morgan fingerprint density at radius 1 is 0.846 bits per heavy atom. The molecule has 0 N–H and O–H groups in total. The Labute approximate surface area is 109 Å². The molecule has 1 rings (SSSR count). The summed E-state index contributed by atoms with van der Waals surface area (Å²) in [5.74, 6) is 0.444. The van der Waals surface area contributed by atoms with Gasteiger partial charge >= 0.3 is 21.7 Å². The molecule has 0 aliphatic heterocycles. The van der Waals surface area contributed by atoms with E-state index >= 15 is 0 Å². The first-order valence-corrected chi connectivity index (χ1v) is 3.74. The van der Waals surface area contributed by atoms with Gasteiger partial charge in [-0.05, 0) is 27.7 Å². The van der Waals surface area contributed by atoms with Gasteiger partial charge in [0.05, 0.1) is 0 Å². The number of hydrogen-bond acceptors (Lipinski definition) is 0. The molecule has 73 valence electrons. The molecule has 0 aromatic carbocycles. The summed E-state index contributed by atoms with van der Waals surface area (Å²) in [6, 6.07) is 0. The summed E-state index contributed by atoms with van der Waals surface area (Å²) in [5, 5.41) is 0. The summed E-state index contributed by atoms with van der Waals surface area (Å²) in [6.45, 7) is 12.8. The van der Waals surface area contributed by atoms with E-state index in [2.05, 4.69) is 34.6 Å². The van der Waals surface area contributed by atoms with Crippen LogP contribution in [0.5, 0.6) is 0 Å². The van der Waals surface area contributed by atoms with Crippen molar-refractivity contribution in [2.24, 2.45) is 5.92 Å². The molecule has 0 saturated heterocycles. The van der Waals surface area contributed by atoms with Crippen LogP contribution in [0.4, 0.5) is 0 Å². The van der Waals surface area contributed by atoms with Crippen molar-refractivity contribution in [2.75, 3.05) is 0 Å². The van der Waals surface area contributed by atoms with Gasteiger partial charge in [0.2, 0.25) is 0 Å². The molecule has 0 saturated carbocycles. The van der Waals surface area contributed by atoms with Crippen LogP contribution in [0.1, 0.15) is 27.7 Å². The van der Waals surface area contributed by atoms with Gasteiger partial charge in [-0.2, -0.15) is 0 Å². The Hall–Kier alpha value is 0.774. The zero-order valence-corrected chi connectivity index (χ0v) is 11.6. The molecule has 13 heavy (non-hydrogen) atoms. The first kappa shape index (κ1) is 19.4. The zero-order valence-electron chi connectivity index (χ0n) is 8.54. The molecule has 1 aliphatic rings. The molecule has 0 aromatic heterocycles. The third kappa shape index (κ3) is 3.44. The Morgan fingerprint density at radius 3 is 1.15 bits per heavy atom. The summed E-state index contributed by atoms with van der Waals surface area (Å²) in [4.78, 5) is 0. The van der Waals surface area contributed by atoms with Crippen molar-refractivity contribution >= 4 is 0 Å². The Kier molecular flexibility index (Phi) is 10.6. The van der Waals surface area contributed by atoms with E-state index in [4.69, 9.17) is 0 Å². The molecular weight excluding hydrogens is 239 g/mol. The molecule has 1 radical (unpaired) electrons. The van der Waals surface area contributed by atoms with Crippen molar-refractivity contribution in [3.8, 4) is 0 Å². The molecule has 0 bridgehead atoms. The fraction of sp³-hybridized carbons (Fsp3) is 0.500. The van der Waals surface area contributed by atoms with Crippen molar-refractivity contribution in [1.29, 1.82) is 0 Å². The Balaban J connectivity index is -0.000000333. The second-order valence-corrected chi connectivity index (χ2v) is 3.17.